The van der Waals surface area contributed by atoms with Gasteiger partial charge in [-0.3, -0.25) is 4.98 Å². The van der Waals surface area contributed by atoms with Gasteiger partial charge in [0.05, 0.1) is 40.9 Å². The Morgan fingerprint density at radius 2 is 1.90 bits per heavy atom. The Morgan fingerprint density at radius 3 is 2.65 bits per heavy atom. The van der Waals surface area contributed by atoms with Crippen molar-refractivity contribution in [3.63, 3.8) is 0 Å². The van der Waals surface area contributed by atoms with Gasteiger partial charge in [-0.05, 0) is 67.1 Å². The van der Waals surface area contributed by atoms with Crippen LogP contribution >= 0.6 is 11.6 Å². The van der Waals surface area contributed by atoms with Crippen LogP contribution in [0.5, 0.6) is 0 Å². The molecule has 2 aromatic carbocycles. The molecule has 0 saturated heterocycles. The van der Waals surface area contributed by atoms with E-state index in [0.29, 0.717) is 17.5 Å². The van der Waals surface area contributed by atoms with E-state index in [9.17, 15) is 9.18 Å². The lowest BCUT2D eigenvalue weighted by atomic mass is 9.78. The monoisotopic (exact) mass is 555 g/mol. The maximum atomic E-state index is 13.5. The van der Waals surface area contributed by atoms with Crippen LogP contribution in [0, 0.1) is 11.7 Å². The fourth-order valence-corrected chi connectivity index (χ4v) is 6.38. The van der Waals surface area contributed by atoms with Gasteiger partial charge in [-0.15, -0.1) is 0 Å². The minimum atomic E-state index is -0.251. The van der Waals surface area contributed by atoms with Crippen molar-refractivity contribution in [2.45, 2.75) is 51.1 Å². The smallest absolute Gasteiger partial charge is 0.315 e. The Morgan fingerprint density at radius 1 is 1.10 bits per heavy atom. The number of amides is 2. The molecule has 2 amide bonds. The third-order valence-corrected chi connectivity index (χ3v) is 8.40. The van der Waals surface area contributed by atoms with E-state index in [1.165, 1.54) is 34.5 Å². The quantitative estimate of drug-likeness (QED) is 0.240. The van der Waals surface area contributed by atoms with Crippen molar-refractivity contribution in [3.8, 4) is 5.69 Å². The van der Waals surface area contributed by atoms with Gasteiger partial charge in [-0.1, -0.05) is 60.0 Å². The summed E-state index contributed by atoms with van der Waals surface area (Å²) < 4.78 is 15.5. The highest BCUT2D eigenvalue weighted by molar-refractivity contribution is 6.30. The third-order valence-electron chi connectivity index (χ3n) is 8.18. The summed E-state index contributed by atoms with van der Waals surface area (Å²) in [7, 11) is 0. The van der Waals surface area contributed by atoms with Gasteiger partial charge in [-0.2, -0.15) is 5.10 Å². The van der Waals surface area contributed by atoms with E-state index in [0.717, 1.165) is 42.6 Å². The fourth-order valence-electron chi connectivity index (χ4n) is 6.27. The Labute approximate surface area is 238 Å². The van der Waals surface area contributed by atoms with E-state index in [-0.39, 0.29) is 23.8 Å². The summed E-state index contributed by atoms with van der Waals surface area (Å²) in [4.78, 5) is 17.3. The van der Waals surface area contributed by atoms with Crippen molar-refractivity contribution < 1.29 is 9.18 Å². The van der Waals surface area contributed by atoms with E-state index >= 15 is 0 Å². The summed E-state index contributed by atoms with van der Waals surface area (Å²) in [5.41, 5.74) is 8.08. The molecule has 6 rings (SSSR count). The van der Waals surface area contributed by atoms with Gasteiger partial charge < -0.3 is 10.6 Å². The van der Waals surface area contributed by atoms with Crippen molar-refractivity contribution in [2.75, 3.05) is 0 Å². The Balaban J connectivity index is 1.19. The van der Waals surface area contributed by atoms with Gasteiger partial charge in [0.1, 0.15) is 5.82 Å². The molecule has 2 aromatic heterocycles. The zero-order valence-corrected chi connectivity index (χ0v) is 23.0. The second-order valence-electron chi connectivity index (χ2n) is 10.6. The minimum Gasteiger partial charge on any atom is -0.332 e. The van der Waals surface area contributed by atoms with Gasteiger partial charge in [0, 0.05) is 24.1 Å². The van der Waals surface area contributed by atoms with Crippen LogP contribution in [0.1, 0.15) is 60.7 Å². The number of hydrogen-bond donors (Lipinski definition) is 2. The van der Waals surface area contributed by atoms with Crippen molar-refractivity contribution in [3.05, 3.63) is 124 Å². The van der Waals surface area contributed by atoms with E-state index in [2.05, 4.69) is 39.8 Å². The summed E-state index contributed by atoms with van der Waals surface area (Å²) >= 11 is 5.93. The molecule has 2 aliphatic carbocycles. The van der Waals surface area contributed by atoms with Crippen molar-refractivity contribution >= 4 is 17.6 Å². The number of nitrogens with one attached hydrogen (secondary N) is 2. The van der Waals surface area contributed by atoms with Crippen molar-refractivity contribution in [1.82, 2.24) is 25.4 Å². The van der Waals surface area contributed by atoms with E-state index in [1.54, 1.807) is 30.5 Å². The predicted molar refractivity (Wildman–Crippen MR) is 154 cm³/mol. The molecule has 0 fully saturated rings. The van der Waals surface area contributed by atoms with Crippen LogP contribution in [-0.4, -0.2) is 20.8 Å². The first-order chi connectivity index (χ1) is 19.5. The molecule has 0 radical (unpaired) electrons. The van der Waals surface area contributed by atoms with Gasteiger partial charge in [0.15, 0.2) is 0 Å². The first-order valence-corrected chi connectivity index (χ1v) is 14.1. The molecule has 2 N–H and O–H groups in total. The minimum absolute atomic E-state index is 0.133. The number of allylic oxidation sites excluding steroid dienone is 2. The number of rotatable bonds is 7. The number of urea groups is 1. The van der Waals surface area contributed by atoms with Crippen LogP contribution in [0.2, 0.25) is 5.02 Å². The summed E-state index contributed by atoms with van der Waals surface area (Å²) in [6.45, 7) is 2.58. The lowest BCUT2D eigenvalue weighted by Crippen LogP contribution is -2.38. The highest BCUT2D eigenvalue weighted by atomic mass is 35.5. The predicted octanol–water partition coefficient (Wildman–Crippen LogP) is 7.06. The van der Waals surface area contributed by atoms with E-state index in [1.807, 2.05) is 29.1 Å². The average molecular weight is 556 g/mol. The molecule has 204 valence electrons. The first kappa shape index (κ1) is 26.3. The number of carbonyl (C=O) groups excluding carboxylic acids is 1. The molecule has 2 aliphatic rings. The molecule has 8 heteroatoms. The Kier molecular flexibility index (Phi) is 7.39. The van der Waals surface area contributed by atoms with Crippen LogP contribution in [0.15, 0.2) is 90.3 Å². The number of nitrogens with zero attached hydrogens (tertiary/aromatic N) is 3. The van der Waals surface area contributed by atoms with Crippen LogP contribution in [0.25, 0.3) is 5.69 Å². The van der Waals surface area contributed by atoms with Crippen LogP contribution in [0.4, 0.5) is 9.18 Å². The molecule has 0 bridgehead atoms. The molecule has 0 saturated carbocycles. The lowest BCUT2D eigenvalue weighted by molar-refractivity contribution is 0.234. The summed E-state index contributed by atoms with van der Waals surface area (Å²) in [5, 5.41) is 11.4. The number of halogens is 2. The highest BCUT2D eigenvalue weighted by Crippen LogP contribution is 2.49. The maximum absolute atomic E-state index is 13.5. The molecule has 0 aliphatic heterocycles. The summed E-state index contributed by atoms with van der Waals surface area (Å²) in [6, 6.07) is 19.9. The zero-order valence-electron chi connectivity index (χ0n) is 22.3. The fraction of sp³-hybridized carbons (Fsp3) is 0.281. The average Bonchev–Trinajstić information content (AvgIpc) is 3.58. The van der Waals surface area contributed by atoms with Gasteiger partial charge >= 0.3 is 6.03 Å². The summed E-state index contributed by atoms with van der Waals surface area (Å²) in [6.07, 6.45) is 7.31. The molecule has 3 atom stereocenters. The second kappa shape index (κ2) is 11.3. The molecule has 6 nitrogen and oxygen atoms in total. The third kappa shape index (κ3) is 5.39. The number of benzene rings is 2. The van der Waals surface area contributed by atoms with Crippen molar-refractivity contribution in [1.29, 1.82) is 0 Å². The summed E-state index contributed by atoms with van der Waals surface area (Å²) in [5.74, 6) is 0.344. The molecule has 0 spiro atoms. The number of hydrogen-bond acceptors (Lipinski definition) is 3. The first-order valence-electron chi connectivity index (χ1n) is 13.7. The Bertz CT molecular complexity index is 1530. The molecular weight excluding hydrogens is 525 g/mol. The SMILES string of the molecule is C[C@@H]1C2=C(CC[C@@H]2CC(NC(=O)NCc2ccc(Cl)cn2)c2ccccc2)Cc2c1cnn2-c1ccc(F)cc1. The number of fused-ring (bicyclic) bond motifs is 1. The maximum Gasteiger partial charge on any atom is 0.315 e. The topological polar surface area (TPSA) is 71.8 Å². The number of pyridine rings is 1. The number of carbonyl (C=O) groups is 1. The molecule has 1 unspecified atom stereocenters. The second-order valence-corrected chi connectivity index (χ2v) is 11.1. The van der Waals surface area contributed by atoms with E-state index < -0.39 is 0 Å². The largest absolute Gasteiger partial charge is 0.332 e. The van der Waals surface area contributed by atoms with Gasteiger partial charge in [0.25, 0.3) is 0 Å². The van der Waals surface area contributed by atoms with Crippen LogP contribution < -0.4 is 10.6 Å². The highest BCUT2D eigenvalue weighted by Gasteiger charge is 2.37. The van der Waals surface area contributed by atoms with Crippen molar-refractivity contribution in [2.24, 2.45) is 5.92 Å². The van der Waals surface area contributed by atoms with Crippen LogP contribution in [-0.2, 0) is 13.0 Å². The molecule has 40 heavy (non-hydrogen) atoms. The molecule has 4 aromatic rings. The van der Waals surface area contributed by atoms with Gasteiger partial charge in [-0.25, -0.2) is 13.9 Å². The molecular formula is C32H31ClFN5O. The lowest BCUT2D eigenvalue weighted by Gasteiger charge is -2.30. The van der Waals surface area contributed by atoms with Gasteiger partial charge in [0.2, 0.25) is 0 Å². The van der Waals surface area contributed by atoms with E-state index in [4.69, 9.17) is 11.6 Å². The standard InChI is InChI=1S/C32H31ClFN5O/c1-20-28-19-37-39(27-13-10-25(34)11-14-27)30(28)16-23-8-7-22(31(20)23)15-29(21-5-3-2-4-6-21)38-32(40)36-18-26-12-9-24(33)17-35-26/h2-6,9-14,17,19-20,22,29H,7-8,15-16,18H2,1H3,(H2,36,38,40)/t20-,22+,29?/m0/s1. The molecule has 2 heterocycles. The number of aromatic nitrogens is 3. The zero-order chi connectivity index (χ0) is 27.6. The van der Waals surface area contributed by atoms with Crippen LogP contribution in [0.3, 0.4) is 0 Å². The Hall–Kier alpha value is -3.97. The normalized spacial score (nSPS) is 18.7.